The number of halogens is 2. The van der Waals surface area contributed by atoms with E-state index in [1.54, 1.807) is 12.4 Å². The van der Waals surface area contributed by atoms with Crippen LogP contribution >= 0.6 is 0 Å². The molecule has 4 nitrogen and oxygen atoms in total. The van der Waals surface area contributed by atoms with Crippen LogP contribution in [0, 0.1) is 17.6 Å². The van der Waals surface area contributed by atoms with Gasteiger partial charge in [0.1, 0.15) is 11.6 Å². The van der Waals surface area contributed by atoms with Crippen molar-refractivity contribution in [3.63, 3.8) is 0 Å². The Bertz CT molecular complexity index is 761. The van der Waals surface area contributed by atoms with E-state index in [0.29, 0.717) is 31.0 Å². The second kappa shape index (κ2) is 8.93. The lowest BCUT2D eigenvalue weighted by molar-refractivity contribution is 0.165. The van der Waals surface area contributed by atoms with Crippen molar-refractivity contribution in [1.82, 2.24) is 15.2 Å². The summed E-state index contributed by atoms with van der Waals surface area (Å²) in [6, 6.07) is 7.40. The maximum absolute atomic E-state index is 13.7. The van der Waals surface area contributed by atoms with Gasteiger partial charge in [0.25, 0.3) is 0 Å². The van der Waals surface area contributed by atoms with Crippen molar-refractivity contribution in [3.8, 4) is 0 Å². The van der Waals surface area contributed by atoms with Gasteiger partial charge in [-0.2, -0.15) is 0 Å². The number of amides is 2. The van der Waals surface area contributed by atoms with Crippen LogP contribution in [0.15, 0.2) is 42.7 Å². The number of aryl methyl sites for hydroxylation is 1. The fourth-order valence-electron chi connectivity index (χ4n) is 3.50. The van der Waals surface area contributed by atoms with Gasteiger partial charge in [0.2, 0.25) is 0 Å². The number of nitrogens with zero attached hydrogens (tertiary/aromatic N) is 2. The maximum atomic E-state index is 13.7. The van der Waals surface area contributed by atoms with Crippen LogP contribution in [0.3, 0.4) is 0 Å². The molecule has 1 atom stereocenters. The van der Waals surface area contributed by atoms with Gasteiger partial charge in [-0.05, 0) is 61.8 Å². The Kier molecular flexibility index (Phi) is 6.37. The largest absolute Gasteiger partial charge is 0.331 e. The number of hydrogen-bond donors (Lipinski definition) is 1. The van der Waals surface area contributed by atoms with Crippen molar-refractivity contribution in [2.45, 2.75) is 38.6 Å². The molecule has 0 aliphatic carbocycles. The molecule has 1 fully saturated rings. The molecule has 0 bridgehead atoms. The molecule has 2 amide bonds. The van der Waals surface area contributed by atoms with Crippen LogP contribution in [0.4, 0.5) is 13.6 Å². The predicted octanol–water partition coefficient (Wildman–Crippen LogP) is 4.48. The molecule has 2 heterocycles. The lowest BCUT2D eigenvalue weighted by atomic mass is 9.90. The first-order valence-corrected chi connectivity index (χ1v) is 9.42. The zero-order chi connectivity index (χ0) is 19.2. The van der Waals surface area contributed by atoms with E-state index in [1.165, 1.54) is 12.1 Å². The van der Waals surface area contributed by atoms with E-state index < -0.39 is 11.6 Å². The monoisotopic (exact) mass is 373 g/mol. The van der Waals surface area contributed by atoms with Crippen LogP contribution < -0.4 is 5.32 Å². The minimum Gasteiger partial charge on any atom is -0.331 e. The number of benzene rings is 1. The summed E-state index contributed by atoms with van der Waals surface area (Å²) in [7, 11) is 0. The predicted molar refractivity (Wildman–Crippen MR) is 100 cm³/mol. The summed E-state index contributed by atoms with van der Waals surface area (Å²) in [5.41, 5.74) is 1.53. The van der Waals surface area contributed by atoms with E-state index in [9.17, 15) is 13.6 Å². The normalized spacial score (nSPS) is 16.2. The van der Waals surface area contributed by atoms with Crippen molar-refractivity contribution in [1.29, 1.82) is 0 Å². The van der Waals surface area contributed by atoms with Crippen molar-refractivity contribution in [3.05, 3.63) is 65.5 Å². The second-order valence-electron chi connectivity index (χ2n) is 7.16. The van der Waals surface area contributed by atoms with Crippen LogP contribution in [0.1, 0.15) is 43.4 Å². The van der Waals surface area contributed by atoms with Crippen molar-refractivity contribution < 1.29 is 13.6 Å². The summed E-state index contributed by atoms with van der Waals surface area (Å²) in [4.78, 5) is 18.4. The Morgan fingerprint density at radius 1 is 1.30 bits per heavy atom. The molecule has 1 aliphatic rings. The van der Waals surface area contributed by atoms with Gasteiger partial charge in [-0.25, -0.2) is 13.6 Å². The smallest absolute Gasteiger partial charge is 0.317 e. The molecule has 1 aliphatic heterocycles. The van der Waals surface area contributed by atoms with Crippen molar-refractivity contribution in [2.75, 3.05) is 13.1 Å². The third-order valence-corrected chi connectivity index (χ3v) is 5.26. The summed E-state index contributed by atoms with van der Waals surface area (Å²) in [5.74, 6) is -0.568. The third kappa shape index (κ3) is 5.25. The van der Waals surface area contributed by atoms with E-state index in [4.69, 9.17) is 0 Å². The summed E-state index contributed by atoms with van der Waals surface area (Å²) >= 11 is 0. The minimum absolute atomic E-state index is 0.0608. The number of aromatic nitrogens is 1. The first-order valence-electron chi connectivity index (χ1n) is 9.42. The fourth-order valence-corrected chi connectivity index (χ4v) is 3.50. The van der Waals surface area contributed by atoms with Gasteiger partial charge in [0.15, 0.2) is 0 Å². The molecule has 1 aromatic heterocycles. The number of likely N-dealkylation sites (tertiary alicyclic amines) is 1. The summed E-state index contributed by atoms with van der Waals surface area (Å²) in [5, 5.41) is 3.01. The lowest BCUT2D eigenvalue weighted by Crippen LogP contribution is -2.45. The van der Waals surface area contributed by atoms with Gasteiger partial charge >= 0.3 is 6.03 Å². The van der Waals surface area contributed by atoms with E-state index in [1.807, 2.05) is 24.0 Å². The highest BCUT2D eigenvalue weighted by Gasteiger charge is 2.24. The number of rotatable bonds is 5. The molecule has 27 heavy (non-hydrogen) atoms. The molecular weight excluding hydrogens is 348 g/mol. The Morgan fingerprint density at radius 2 is 2.07 bits per heavy atom. The highest BCUT2D eigenvalue weighted by Crippen LogP contribution is 2.24. The minimum atomic E-state index is -0.545. The Labute approximate surface area is 158 Å². The van der Waals surface area contributed by atoms with Crippen LogP contribution in [0.5, 0.6) is 0 Å². The van der Waals surface area contributed by atoms with Crippen LogP contribution in [0.25, 0.3) is 0 Å². The molecular formula is C21H25F2N3O. The van der Waals surface area contributed by atoms with Crippen LogP contribution in [0.2, 0.25) is 0 Å². The molecule has 144 valence electrons. The summed E-state index contributed by atoms with van der Waals surface area (Å²) in [6.45, 7) is 3.34. The molecule has 0 radical (unpaired) electrons. The summed E-state index contributed by atoms with van der Waals surface area (Å²) in [6.07, 6.45) is 6.71. The van der Waals surface area contributed by atoms with E-state index in [-0.39, 0.29) is 12.1 Å². The first kappa shape index (κ1) is 19.3. The quantitative estimate of drug-likeness (QED) is 0.840. The van der Waals surface area contributed by atoms with E-state index >= 15 is 0 Å². The number of nitrogens with one attached hydrogen (secondary N) is 1. The number of carbonyl (C=O) groups is 1. The Morgan fingerprint density at radius 3 is 2.74 bits per heavy atom. The van der Waals surface area contributed by atoms with E-state index in [0.717, 1.165) is 30.9 Å². The molecule has 0 saturated carbocycles. The van der Waals surface area contributed by atoms with Crippen LogP contribution in [-0.2, 0) is 6.42 Å². The van der Waals surface area contributed by atoms with Gasteiger partial charge in [-0.3, -0.25) is 4.98 Å². The molecule has 1 aromatic carbocycles. The van der Waals surface area contributed by atoms with Crippen LogP contribution in [-0.4, -0.2) is 29.0 Å². The molecule has 0 spiro atoms. The molecule has 3 rings (SSSR count). The van der Waals surface area contributed by atoms with E-state index in [2.05, 4.69) is 10.3 Å². The average molecular weight is 373 g/mol. The molecule has 1 saturated heterocycles. The molecule has 0 unspecified atom stereocenters. The standard InChI is InChI=1S/C21H25F2N3O/c1-15(18-3-2-10-24-14-18)25-21(27)26-11-8-16(9-12-26)4-5-17-6-7-19(22)13-20(17)23/h2-3,6-7,10,13-16H,4-5,8-9,11-12H2,1H3,(H,25,27)/t15-/m0/s1. The fraction of sp³-hybridized carbons (Fsp3) is 0.429. The number of hydrogen-bond acceptors (Lipinski definition) is 2. The Hall–Kier alpha value is -2.50. The van der Waals surface area contributed by atoms with Crippen molar-refractivity contribution >= 4 is 6.03 Å². The lowest BCUT2D eigenvalue weighted by Gasteiger charge is -2.33. The van der Waals surface area contributed by atoms with Crippen molar-refractivity contribution in [2.24, 2.45) is 5.92 Å². The highest BCUT2D eigenvalue weighted by molar-refractivity contribution is 5.74. The zero-order valence-corrected chi connectivity index (χ0v) is 15.5. The average Bonchev–Trinajstić information content (AvgIpc) is 2.68. The SMILES string of the molecule is C[C@H](NC(=O)N1CCC(CCc2ccc(F)cc2F)CC1)c1cccnc1. The van der Waals surface area contributed by atoms with Gasteiger partial charge in [0, 0.05) is 31.5 Å². The highest BCUT2D eigenvalue weighted by atomic mass is 19.1. The molecule has 2 aromatic rings. The number of pyridine rings is 1. The number of urea groups is 1. The van der Waals surface area contributed by atoms with Gasteiger partial charge in [-0.1, -0.05) is 12.1 Å². The first-order chi connectivity index (χ1) is 13.0. The third-order valence-electron chi connectivity index (χ3n) is 5.26. The van der Waals surface area contributed by atoms with Gasteiger partial charge in [-0.15, -0.1) is 0 Å². The van der Waals surface area contributed by atoms with Gasteiger partial charge < -0.3 is 10.2 Å². The summed E-state index contributed by atoms with van der Waals surface area (Å²) < 4.78 is 26.7. The molecule has 6 heteroatoms. The number of carbonyl (C=O) groups excluding carboxylic acids is 1. The number of piperidine rings is 1. The zero-order valence-electron chi connectivity index (χ0n) is 15.5. The molecule has 1 N–H and O–H groups in total. The maximum Gasteiger partial charge on any atom is 0.317 e. The second-order valence-corrected chi connectivity index (χ2v) is 7.16. The van der Waals surface area contributed by atoms with Gasteiger partial charge in [0.05, 0.1) is 6.04 Å². The topological polar surface area (TPSA) is 45.2 Å². The Balaban J connectivity index is 1.43.